The van der Waals surface area contributed by atoms with E-state index < -0.39 is 11.6 Å². The van der Waals surface area contributed by atoms with Crippen LogP contribution >= 0.6 is 11.8 Å². The van der Waals surface area contributed by atoms with Crippen molar-refractivity contribution in [2.45, 2.75) is 11.4 Å². The van der Waals surface area contributed by atoms with E-state index in [2.05, 4.69) is 15.4 Å². The van der Waals surface area contributed by atoms with Gasteiger partial charge in [0, 0.05) is 36.1 Å². The van der Waals surface area contributed by atoms with Gasteiger partial charge in [-0.15, -0.1) is 11.8 Å². The minimum absolute atomic E-state index is 0.0430. The lowest BCUT2D eigenvalue weighted by atomic mass is 10.3. The molecule has 0 fully saturated rings. The summed E-state index contributed by atoms with van der Waals surface area (Å²) in [5.74, 6) is -0.831. The number of benzene rings is 1. The number of halogens is 2. The van der Waals surface area contributed by atoms with Crippen LogP contribution in [-0.2, 0) is 11.3 Å². The predicted molar refractivity (Wildman–Crippen MR) is 90.3 cm³/mol. The number of nitrogens with one attached hydrogen (secondary N) is 1. The van der Waals surface area contributed by atoms with Crippen LogP contribution in [0.2, 0.25) is 0 Å². The molecular weight excluding hydrogens is 346 g/mol. The van der Waals surface area contributed by atoms with Crippen LogP contribution in [0.4, 0.5) is 8.78 Å². The molecule has 0 bridgehead atoms. The van der Waals surface area contributed by atoms with Gasteiger partial charge in [-0.1, -0.05) is 6.07 Å². The van der Waals surface area contributed by atoms with Crippen LogP contribution in [0.1, 0.15) is 5.56 Å². The number of amides is 1. The lowest BCUT2D eigenvalue weighted by molar-refractivity contribution is -0.118. The molecule has 5 nitrogen and oxygen atoms in total. The van der Waals surface area contributed by atoms with Gasteiger partial charge in [-0.3, -0.25) is 4.79 Å². The zero-order valence-corrected chi connectivity index (χ0v) is 13.8. The van der Waals surface area contributed by atoms with Crippen molar-refractivity contribution in [3.8, 4) is 5.82 Å². The number of nitrogens with zero attached hydrogens (tertiary/aromatic N) is 3. The van der Waals surface area contributed by atoms with Gasteiger partial charge >= 0.3 is 0 Å². The summed E-state index contributed by atoms with van der Waals surface area (Å²) in [5, 5.41) is 6.82. The number of thioether (sulfide) groups is 1. The number of carbonyl (C=O) groups is 1. The zero-order valence-electron chi connectivity index (χ0n) is 13.0. The number of aromatic nitrogens is 3. The molecule has 0 saturated heterocycles. The second-order valence-corrected chi connectivity index (χ2v) is 6.13. The number of hydrogen-bond donors (Lipinski definition) is 1. The predicted octanol–water partition coefficient (Wildman–Crippen LogP) is 2.95. The lowest BCUT2D eigenvalue weighted by Crippen LogP contribution is -2.24. The molecule has 0 atom stereocenters. The SMILES string of the molecule is O=C(CSc1ccc(F)cc1F)NCc1ccc(-n2cccn2)nc1. The van der Waals surface area contributed by atoms with Crippen molar-refractivity contribution < 1.29 is 13.6 Å². The molecule has 0 radical (unpaired) electrons. The van der Waals surface area contributed by atoms with Crippen molar-refractivity contribution in [3.05, 3.63) is 72.2 Å². The van der Waals surface area contributed by atoms with Crippen molar-refractivity contribution in [2.24, 2.45) is 0 Å². The normalized spacial score (nSPS) is 10.6. The van der Waals surface area contributed by atoms with E-state index in [1.165, 1.54) is 6.07 Å². The highest BCUT2D eigenvalue weighted by atomic mass is 32.2. The Morgan fingerprint density at radius 3 is 2.80 bits per heavy atom. The maximum Gasteiger partial charge on any atom is 0.230 e. The Morgan fingerprint density at radius 2 is 2.12 bits per heavy atom. The minimum atomic E-state index is -0.670. The zero-order chi connectivity index (χ0) is 17.6. The molecule has 3 aromatic rings. The highest BCUT2D eigenvalue weighted by Gasteiger charge is 2.08. The maximum absolute atomic E-state index is 13.5. The number of hydrogen-bond acceptors (Lipinski definition) is 4. The first-order chi connectivity index (χ1) is 12.1. The molecule has 0 aliphatic rings. The molecule has 0 aliphatic carbocycles. The van der Waals surface area contributed by atoms with Gasteiger partial charge in [0.2, 0.25) is 5.91 Å². The summed E-state index contributed by atoms with van der Waals surface area (Å²) in [6.07, 6.45) is 5.11. The van der Waals surface area contributed by atoms with Gasteiger partial charge in [0.1, 0.15) is 11.6 Å². The van der Waals surface area contributed by atoms with Crippen LogP contribution in [0.25, 0.3) is 5.82 Å². The largest absolute Gasteiger partial charge is 0.351 e. The van der Waals surface area contributed by atoms with Crippen molar-refractivity contribution in [1.29, 1.82) is 0 Å². The van der Waals surface area contributed by atoms with E-state index in [9.17, 15) is 13.6 Å². The van der Waals surface area contributed by atoms with Crippen molar-refractivity contribution in [3.63, 3.8) is 0 Å². The molecule has 0 unspecified atom stereocenters. The summed E-state index contributed by atoms with van der Waals surface area (Å²) in [7, 11) is 0. The third-order valence-electron chi connectivity index (χ3n) is 3.29. The molecule has 8 heteroatoms. The monoisotopic (exact) mass is 360 g/mol. The second kappa shape index (κ2) is 7.89. The number of pyridine rings is 1. The Hall–Kier alpha value is -2.74. The van der Waals surface area contributed by atoms with Crippen molar-refractivity contribution in [2.75, 3.05) is 5.75 Å². The van der Waals surface area contributed by atoms with Crippen LogP contribution < -0.4 is 5.32 Å². The fraction of sp³-hybridized carbons (Fsp3) is 0.118. The summed E-state index contributed by atoms with van der Waals surface area (Å²) in [6, 6.07) is 8.73. The first kappa shape index (κ1) is 17.1. The van der Waals surface area contributed by atoms with E-state index in [0.29, 0.717) is 12.4 Å². The Balaban J connectivity index is 1.49. The van der Waals surface area contributed by atoms with Gasteiger partial charge in [-0.2, -0.15) is 5.10 Å². The van der Waals surface area contributed by atoms with E-state index in [4.69, 9.17) is 0 Å². The molecule has 0 saturated carbocycles. The molecule has 3 rings (SSSR count). The fourth-order valence-corrected chi connectivity index (χ4v) is 2.80. The first-order valence-corrected chi connectivity index (χ1v) is 8.40. The summed E-state index contributed by atoms with van der Waals surface area (Å²) in [6.45, 7) is 0.317. The molecule has 2 aromatic heterocycles. The van der Waals surface area contributed by atoms with Crippen LogP contribution in [-0.4, -0.2) is 26.4 Å². The Bertz CT molecular complexity index is 854. The molecule has 1 aromatic carbocycles. The maximum atomic E-state index is 13.5. The highest BCUT2D eigenvalue weighted by Crippen LogP contribution is 2.22. The molecule has 0 aliphatic heterocycles. The third-order valence-corrected chi connectivity index (χ3v) is 4.34. The average molecular weight is 360 g/mol. The topological polar surface area (TPSA) is 59.8 Å². The Morgan fingerprint density at radius 1 is 1.24 bits per heavy atom. The van der Waals surface area contributed by atoms with Crippen molar-refractivity contribution >= 4 is 17.7 Å². The van der Waals surface area contributed by atoms with E-state index >= 15 is 0 Å². The molecular formula is C17H14F2N4OS. The third kappa shape index (κ3) is 4.63. The molecule has 2 heterocycles. The Labute approximate surface area is 147 Å². The smallest absolute Gasteiger partial charge is 0.230 e. The fourth-order valence-electron chi connectivity index (χ4n) is 2.05. The number of rotatable bonds is 6. The van der Waals surface area contributed by atoms with Crippen LogP contribution in [0.5, 0.6) is 0 Å². The van der Waals surface area contributed by atoms with E-state index in [-0.39, 0.29) is 16.6 Å². The molecule has 1 amide bonds. The van der Waals surface area contributed by atoms with Crippen molar-refractivity contribution in [1.82, 2.24) is 20.1 Å². The molecule has 0 spiro atoms. The summed E-state index contributed by atoms with van der Waals surface area (Å²) < 4.78 is 28.0. The first-order valence-electron chi connectivity index (χ1n) is 7.41. The lowest BCUT2D eigenvalue weighted by Gasteiger charge is -2.07. The summed E-state index contributed by atoms with van der Waals surface area (Å²) >= 11 is 1.02. The van der Waals surface area contributed by atoms with Crippen LogP contribution in [0, 0.1) is 11.6 Å². The van der Waals surface area contributed by atoms with E-state index in [0.717, 1.165) is 29.5 Å². The van der Waals surface area contributed by atoms with Gasteiger partial charge in [0.15, 0.2) is 5.82 Å². The van der Waals surface area contributed by atoms with Gasteiger partial charge in [0.05, 0.1) is 5.75 Å². The Kier molecular flexibility index (Phi) is 5.39. The van der Waals surface area contributed by atoms with Crippen LogP contribution in [0.15, 0.2) is 59.9 Å². The van der Waals surface area contributed by atoms with E-state index in [1.54, 1.807) is 35.4 Å². The highest BCUT2D eigenvalue weighted by molar-refractivity contribution is 8.00. The quantitative estimate of drug-likeness (QED) is 0.687. The standard InChI is InChI=1S/C17H14F2N4OS/c18-13-3-4-15(14(19)8-13)25-11-17(24)21-10-12-2-5-16(20-9-12)23-7-1-6-22-23/h1-9H,10-11H2,(H,21,24). The second-order valence-electron chi connectivity index (χ2n) is 5.12. The van der Waals surface area contributed by atoms with Gasteiger partial charge in [0.25, 0.3) is 0 Å². The average Bonchev–Trinajstić information content (AvgIpc) is 3.14. The molecule has 128 valence electrons. The van der Waals surface area contributed by atoms with Gasteiger partial charge in [-0.25, -0.2) is 18.4 Å². The summed E-state index contributed by atoms with van der Waals surface area (Å²) in [5.41, 5.74) is 0.835. The van der Waals surface area contributed by atoms with E-state index in [1.807, 2.05) is 6.07 Å². The van der Waals surface area contributed by atoms with Gasteiger partial charge < -0.3 is 5.32 Å². The molecule has 25 heavy (non-hydrogen) atoms. The minimum Gasteiger partial charge on any atom is -0.351 e. The van der Waals surface area contributed by atoms with Crippen LogP contribution in [0.3, 0.4) is 0 Å². The molecule has 1 N–H and O–H groups in total. The van der Waals surface area contributed by atoms with Gasteiger partial charge in [-0.05, 0) is 29.8 Å². The summed E-state index contributed by atoms with van der Waals surface area (Å²) in [4.78, 5) is 16.4. The number of carbonyl (C=O) groups excluding carboxylic acids is 1.